The summed E-state index contributed by atoms with van der Waals surface area (Å²) in [7, 11) is -1.03. The van der Waals surface area contributed by atoms with Crippen molar-refractivity contribution in [2.24, 2.45) is 0 Å². The van der Waals surface area contributed by atoms with Crippen molar-refractivity contribution in [3.8, 4) is 12.8 Å². The Kier molecular flexibility index (Phi) is 12.2. The number of carbonyl (C=O) groups is 1. The lowest BCUT2D eigenvalue weighted by atomic mass is 9.97. The molecule has 0 fully saturated rings. The van der Waals surface area contributed by atoms with Crippen LogP contribution in [-0.2, 0) is 29.4 Å². The zero-order chi connectivity index (χ0) is 27.5. The summed E-state index contributed by atoms with van der Waals surface area (Å²) in [4.78, 5) is 12.5. The van der Waals surface area contributed by atoms with Gasteiger partial charge in [0.1, 0.15) is 11.6 Å². The van der Waals surface area contributed by atoms with Gasteiger partial charge in [-0.3, -0.25) is 4.21 Å². The smallest absolute Gasteiger partial charge is 0.315 e. The average molecular weight is 534 g/mol. The van der Waals surface area contributed by atoms with Crippen LogP contribution in [0.15, 0.2) is 36.4 Å². The number of amides is 2. The molecule has 1 heterocycles. The summed E-state index contributed by atoms with van der Waals surface area (Å²) < 4.78 is 39.9. The van der Waals surface area contributed by atoms with E-state index in [1.165, 1.54) is 17.7 Å². The highest BCUT2D eigenvalue weighted by Gasteiger charge is 2.28. The fraction of sp³-hybridized carbons (Fsp3) is 0.464. The van der Waals surface area contributed by atoms with E-state index in [-0.39, 0.29) is 25.0 Å². The fourth-order valence-electron chi connectivity index (χ4n) is 4.20. The van der Waals surface area contributed by atoms with Gasteiger partial charge in [-0.25, -0.2) is 13.6 Å². The minimum absolute atomic E-state index is 0.0403. The van der Waals surface area contributed by atoms with Crippen LogP contribution in [0, 0.1) is 24.5 Å². The quantitative estimate of drug-likeness (QED) is 0.350. The number of fused-ring (bicyclic) bond motifs is 1. The van der Waals surface area contributed by atoms with Gasteiger partial charge in [0, 0.05) is 47.0 Å². The second kappa shape index (κ2) is 14.8. The number of carbonyl (C=O) groups excluding carboxylic acids is 1. The molecule has 0 aromatic heterocycles. The van der Waals surface area contributed by atoms with Crippen LogP contribution in [0.4, 0.5) is 13.6 Å². The maximum absolute atomic E-state index is 13.7. The molecule has 37 heavy (non-hydrogen) atoms. The van der Waals surface area contributed by atoms with Gasteiger partial charge in [-0.15, -0.1) is 12.8 Å². The minimum Gasteiger partial charge on any atom is -0.390 e. The summed E-state index contributed by atoms with van der Waals surface area (Å²) in [6, 6.07) is 7.79. The van der Waals surface area contributed by atoms with Crippen molar-refractivity contribution in [1.82, 2.24) is 16.0 Å². The lowest BCUT2D eigenvalue weighted by Crippen LogP contribution is -2.53. The zero-order valence-corrected chi connectivity index (χ0v) is 22.4. The van der Waals surface area contributed by atoms with Crippen molar-refractivity contribution in [3.05, 3.63) is 70.3 Å². The van der Waals surface area contributed by atoms with Crippen molar-refractivity contribution < 1.29 is 22.9 Å². The molecule has 9 heteroatoms. The predicted molar refractivity (Wildman–Crippen MR) is 144 cm³/mol. The Hall–Kier alpha value is -2.80. The Bertz CT molecular complexity index is 1080. The molecule has 0 radical (unpaired) electrons. The molecule has 0 bridgehead atoms. The summed E-state index contributed by atoms with van der Waals surface area (Å²) in [6.07, 6.45) is 8.60. The lowest BCUT2D eigenvalue weighted by molar-refractivity contribution is 0.123. The van der Waals surface area contributed by atoms with Gasteiger partial charge in [-0.05, 0) is 60.6 Å². The molecular formula is C28H37F2N3O3S. The highest BCUT2D eigenvalue weighted by Crippen LogP contribution is 2.28. The second-order valence-electron chi connectivity index (χ2n) is 9.18. The van der Waals surface area contributed by atoms with Crippen molar-refractivity contribution in [1.29, 1.82) is 0 Å². The number of terminal acetylenes is 1. The minimum atomic E-state index is -1.06. The van der Waals surface area contributed by atoms with Gasteiger partial charge in [-0.2, -0.15) is 0 Å². The topological polar surface area (TPSA) is 90.5 Å². The van der Waals surface area contributed by atoms with Gasteiger partial charge in [0.15, 0.2) is 0 Å². The molecule has 1 aliphatic heterocycles. The Labute approximate surface area is 221 Å². The van der Waals surface area contributed by atoms with Crippen LogP contribution in [-0.4, -0.2) is 45.8 Å². The molecule has 0 spiro atoms. The van der Waals surface area contributed by atoms with E-state index in [0.717, 1.165) is 30.0 Å². The summed E-state index contributed by atoms with van der Waals surface area (Å²) in [5.74, 6) is -0.508. The predicted octanol–water partition coefficient (Wildman–Crippen LogP) is 3.74. The van der Waals surface area contributed by atoms with Gasteiger partial charge in [0.05, 0.1) is 12.1 Å². The molecule has 0 saturated carbocycles. The Morgan fingerprint density at radius 1 is 1.11 bits per heavy atom. The third kappa shape index (κ3) is 9.22. The molecule has 2 aromatic carbocycles. The SMILES string of the molecule is C#C.CCc1ccc2c(c1)[C@@H](NC[C@@H](O)[C@H](Cc1cc(F)cc(F)c1)NC(=O)NC(C)CC)CS(=O)C2. The van der Waals surface area contributed by atoms with Gasteiger partial charge in [0.25, 0.3) is 0 Å². The van der Waals surface area contributed by atoms with Gasteiger partial charge >= 0.3 is 6.03 Å². The van der Waals surface area contributed by atoms with Crippen molar-refractivity contribution in [3.63, 3.8) is 0 Å². The molecular weight excluding hydrogens is 496 g/mol. The van der Waals surface area contributed by atoms with Crippen LogP contribution in [0.25, 0.3) is 0 Å². The van der Waals surface area contributed by atoms with Crippen LogP contribution in [0.2, 0.25) is 0 Å². The van der Waals surface area contributed by atoms with Crippen LogP contribution in [0.1, 0.15) is 55.5 Å². The van der Waals surface area contributed by atoms with Crippen molar-refractivity contribution in [2.45, 2.75) is 70.0 Å². The Morgan fingerprint density at radius 2 is 1.78 bits per heavy atom. The van der Waals surface area contributed by atoms with Crippen molar-refractivity contribution >= 4 is 16.8 Å². The van der Waals surface area contributed by atoms with Crippen LogP contribution >= 0.6 is 0 Å². The largest absolute Gasteiger partial charge is 0.390 e. The zero-order valence-electron chi connectivity index (χ0n) is 21.6. The second-order valence-corrected chi connectivity index (χ2v) is 10.7. The number of aryl methyl sites for hydroxylation is 1. The highest BCUT2D eigenvalue weighted by atomic mass is 32.2. The number of urea groups is 1. The molecule has 5 atom stereocenters. The molecule has 2 amide bonds. The maximum Gasteiger partial charge on any atom is 0.315 e. The average Bonchev–Trinajstić information content (AvgIpc) is 2.86. The number of aliphatic hydroxyl groups excluding tert-OH is 1. The number of rotatable bonds is 10. The molecule has 4 N–H and O–H groups in total. The van der Waals surface area contributed by atoms with E-state index in [9.17, 15) is 22.9 Å². The molecule has 0 aliphatic carbocycles. The van der Waals surface area contributed by atoms with E-state index in [2.05, 4.69) is 41.8 Å². The number of hydrogen-bond donors (Lipinski definition) is 4. The van der Waals surface area contributed by atoms with E-state index in [0.29, 0.717) is 17.1 Å². The maximum atomic E-state index is 13.7. The number of hydrogen-bond acceptors (Lipinski definition) is 4. The summed E-state index contributed by atoms with van der Waals surface area (Å²) in [5.41, 5.74) is 3.60. The highest BCUT2D eigenvalue weighted by molar-refractivity contribution is 7.84. The Balaban J connectivity index is 0.00000235. The molecule has 3 rings (SSSR count). The fourth-order valence-corrected chi connectivity index (χ4v) is 5.60. The van der Waals surface area contributed by atoms with E-state index in [1.807, 2.05) is 26.0 Å². The molecule has 202 valence electrons. The molecule has 1 aliphatic rings. The van der Waals surface area contributed by atoms with E-state index < -0.39 is 40.6 Å². The van der Waals surface area contributed by atoms with Crippen LogP contribution in [0.3, 0.4) is 0 Å². The number of benzene rings is 2. The normalized spacial score (nSPS) is 18.9. The van der Waals surface area contributed by atoms with Gasteiger partial charge < -0.3 is 21.1 Å². The van der Waals surface area contributed by atoms with E-state index >= 15 is 0 Å². The number of aliphatic hydroxyl groups is 1. The lowest BCUT2D eigenvalue weighted by Gasteiger charge is -2.30. The van der Waals surface area contributed by atoms with E-state index in [4.69, 9.17) is 0 Å². The number of halogens is 2. The first-order valence-electron chi connectivity index (χ1n) is 12.4. The summed E-state index contributed by atoms with van der Waals surface area (Å²) >= 11 is 0. The molecule has 0 saturated heterocycles. The Morgan fingerprint density at radius 3 is 2.41 bits per heavy atom. The first kappa shape index (κ1) is 30.4. The van der Waals surface area contributed by atoms with Gasteiger partial charge in [0.2, 0.25) is 0 Å². The molecule has 2 aromatic rings. The van der Waals surface area contributed by atoms with Gasteiger partial charge in [-0.1, -0.05) is 32.0 Å². The summed E-state index contributed by atoms with van der Waals surface area (Å²) in [6.45, 7) is 5.97. The van der Waals surface area contributed by atoms with E-state index in [1.54, 1.807) is 0 Å². The van der Waals surface area contributed by atoms with Crippen molar-refractivity contribution in [2.75, 3.05) is 12.3 Å². The van der Waals surface area contributed by atoms with Crippen LogP contribution < -0.4 is 16.0 Å². The summed E-state index contributed by atoms with van der Waals surface area (Å²) in [5, 5.41) is 19.9. The monoisotopic (exact) mass is 533 g/mol. The first-order valence-corrected chi connectivity index (χ1v) is 13.9. The third-order valence-electron chi connectivity index (χ3n) is 6.39. The number of nitrogens with one attached hydrogen (secondary N) is 3. The molecule has 2 unspecified atom stereocenters. The standard InChI is InChI=1S/C26H35F2N3O3S.C2H2/c1-4-16(3)30-26(33)31-23(11-18-8-20(27)12-21(28)9-18)25(32)13-29-24-15-35(34)14-19-7-6-17(5-2)10-22(19)24;1-2/h6-10,12,16,23-25,29,32H,4-5,11,13-15H2,1-3H3,(H2,30,31,33);1-2H/t16?,23-,24-,25+,35?;/m0./s1. The third-order valence-corrected chi connectivity index (χ3v) is 7.72. The molecule has 6 nitrogen and oxygen atoms in total. The first-order chi connectivity index (χ1) is 17.7. The van der Waals surface area contributed by atoms with Crippen LogP contribution in [0.5, 0.6) is 0 Å².